The maximum absolute atomic E-state index is 11.9. The van der Waals surface area contributed by atoms with Crippen molar-refractivity contribution in [2.75, 3.05) is 7.11 Å². The molecule has 0 amide bonds. The van der Waals surface area contributed by atoms with Crippen LogP contribution in [0.1, 0.15) is 27.2 Å². The van der Waals surface area contributed by atoms with E-state index < -0.39 is 0 Å². The van der Waals surface area contributed by atoms with Gasteiger partial charge in [0.15, 0.2) is 4.77 Å². The lowest BCUT2D eigenvalue weighted by Gasteiger charge is -2.06. The second-order valence-electron chi connectivity index (χ2n) is 4.38. The normalized spacial score (nSPS) is 10.3. The van der Waals surface area contributed by atoms with Gasteiger partial charge >= 0.3 is 5.97 Å². The van der Waals surface area contributed by atoms with E-state index in [9.17, 15) is 9.59 Å². The van der Waals surface area contributed by atoms with Crippen LogP contribution in [-0.4, -0.2) is 23.0 Å². The Kier molecular flexibility index (Phi) is 4.14. The topological polar surface area (TPSA) is 75.0 Å². The van der Waals surface area contributed by atoms with E-state index in [0.29, 0.717) is 22.3 Å². The number of rotatable bonds is 3. The fourth-order valence-electron chi connectivity index (χ4n) is 1.92. The monoisotopic (exact) mass is 290 g/mol. The number of benzene rings is 1. The molecule has 0 aliphatic heterocycles. The van der Waals surface area contributed by atoms with Crippen LogP contribution in [0.15, 0.2) is 29.1 Å². The highest BCUT2D eigenvalue weighted by atomic mass is 32.1. The zero-order valence-corrected chi connectivity index (χ0v) is 12.0. The molecule has 20 heavy (non-hydrogen) atoms. The lowest BCUT2D eigenvalue weighted by molar-refractivity contribution is 0.0600. The van der Waals surface area contributed by atoms with Crippen LogP contribution in [0.2, 0.25) is 0 Å². The summed E-state index contributed by atoms with van der Waals surface area (Å²) < 4.78 is 4.95. The number of ether oxygens (including phenoxy) is 1. The van der Waals surface area contributed by atoms with E-state index in [2.05, 4.69) is 14.7 Å². The number of aryl methyl sites for hydroxylation is 1. The minimum absolute atomic E-state index is 0.191. The van der Waals surface area contributed by atoms with Gasteiger partial charge in [0, 0.05) is 17.7 Å². The first kappa shape index (κ1) is 14.2. The fourth-order valence-corrected chi connectivity index (χ4v) is 2.17. The lowest BCUT2D eigenvalue weighted by Crippen LogP contribution is -2.16. The highest BCUT2D eigenvalue weighted by Gasteiger charge is 2.08. The Labute approximate surface area is 120 Å². The van der Waals surface area contributed by atoms with Gasteiger partial charge in [-0.05, 0) is 36.8 Å². The molecule has 2 N–H and O–H groups in total. The standard InChI is InChI=1S/C14H14N2O3S/c1-8-11(12(17)16-14(20)15-8)7-9-3-5-10(6-4-9)13(18)19-2/h3-6H,7H2,1-2H3,(H2,15,16,17,20). The molecule has 0 aliphatic rings. The van der Waals surface area contributed by atoms with E-state index in [1.165, 1.54) is 7.11 Å². The van der Waals surface area contributed by atoms with Crippen molar-refractivity contribution >= 4 is 18.2 Å². The first-order valence-corrected chi connectivity index (χ1v) is 6.41. The average Bonchev–Trinajstić information content (AvgIpc) is 2.42. The van der Waals surface area contributed by atoms with Gasteiger partial charge in [-0.3, -0.25) is 9.78 Å². The van der Waals surface area contributed by atoms with Crippen molar-refractivity contribution in [2.24, 2.45) is 0 Å². The molecule has 0 spiro atoms. The molecule has 0 bridgehead atoms. The summed E-state index contributed by atoms with van der Waals surface area (Å²) in [6.07, 6.45) is 0.467. The van der Waals surface area contributed by atoms with Crippen molar-refractivity contribution < 1.29 is 9.53 Å². The molecule has 0 saturated heterocycles. The van der Waals surface area contributed by atoms with Crippen molar-refractivity contribution in [3.63, 3.8) is 0 Å². The van der Waals surface area contributed by atoms with Crippen molar-refractivity contribution in [3.8, 4) is 0 Å². The average molecular weight is 290 g/mol. The van der Waals surface area contributed by atoms with E-state index in [0.717, 1.165) is 11.3 Å². The van der Waals surface area contributed by atoms with Gasteiger partial charge in [0.25, 0.3) is 5.56 Å². The van der Waals surface area contributed by atoms with Gasteiger partial charge in [-0.1, -0.05) is 12.1 Å². The Bertz CT molecular complexity index is 744. The number of carbonyl (C=O) groups excluding carboxylic acids is 1. The number of carbonyl (C=O) groups is 1. The summed E-state index contributed by atoms with van der Waals surface area (Å²) in [6, 6.07) is 6.95. The first-order chi connectivity index (χ1) is 9.51. The summed E-state index contributed by atoms with van der Waals surface area (Å²) in [5.74, 6) is -0.380. The van der Waals surface area contributed by atoms with Crippen LogP contribution >= 0.6 is 12.2 Å². The van der Waals surface area contributed by atoms with Crippen LogP contribution in [0.3, 0.4) is 0 Å². The van der Waals surface area contributed by atoms with Gasteiger partial charge < -0.3 is 9.72 Å². The van der Waals surface area contributed by atoms with Crippen LogP contribution in [0, 0.1) is 11.7 Å². The Morgan fingerprint density at radius 1 is 1.25 bits per heavy atom. The molecule has 5 nitrogen and oxygen atoms in total. The number of aromatic nitrogens is 2. The molecule has 2 rings (SSSR count). The number of methoxy groups -OCH3 is 1. The van der Waals surface area contributed by atoms with Crippen LogP contribution in [0.5, 0.6) is 0 Å². The van der Waals surface area contributed by atoms with Crippen LogP contribution in [-0.2, 0) is 11.2 Å². The van der Waals surface area contributed by atoms with Crippen LogP contribution in [0.25, 0.3) is 0 Å². The third-order valence-electron chi connectivity index (χ3n) is 3.01. The fraction of sp³-hybridized carbons (Fsp3) is 0.214. The molecule has 0 aliphatic carbocycles. The van der Waals surface area contributed by atoms with Gasteiger partial charge in [-0.2, -0.15) is 0 Å². The number of esters is 1. The Hall–Kier alpha value is -2.21. The highest BCUT2D eigenvalue weighted by Crippen LogP contribution is 2.10. The van der Waals surface area contributed by atoms with Crippen molar-refractivity contribution in [2.45, 2.75) is 13.3 Å². The molecule has 0 unspecified atom stereocenters. The second-order valence-corrected chi connectivity index (χ2v) is 4.79. The third kappa shape index (κ3) is 3.03. The molecule has 1 aromatic carbocycles. The van der Waals surface area contributed by atoms with Crippen molar-refractivity contribution in [1.29, 1.82) is 0 Å². The number of hydrogen-bond acceptors (Lipinski definition) is 4. The SMILES string of the molecule is COC(=O)c1ccc(Cc2c(C)[nH]c(=S)[nH]c2=O)cc1. The van der Waals surface area contributed by atoms with Gasteiger partial charge in [0.05, 0.1) is 12.7 Å². The predicted octanol–water partition coefficient (Wildman–Crippen LogP) is 2.12. The van der Waals surface area contributed by atoms with E-state index in [-0.39, 0.29) is 11.5 Å². The molecule has 2 aromatic rings. The molecule has 0 fully saturated rings. The molecule has 104 valence electrons. The quantitative estimate of drug-likeness (QED) is 0.670. The number of hydrogen-bond donors (Lipinski definition) is 2. The Balaban J connectivity index is 2.29. The van der Waals surface area contributed by atoms with Gasteiger partial charge in [-0.25, -0.2) is 4.79 Å². The predicted molar refractivity (Wildman–Crippen MR) is 77.6 cm³/mol. The minimum atomic E-state index is -0.380. The maximum atomic E-state index is 11.9. The summed E-state index contributed by atoms with van der Waals surface area (Å²) in [4.78, 5) is 28.7. The van der Waals surface area contributed by atoms with E-state index in [4.69, 9.17) is 12.2 Å². The second kappa shape index (κ2) is 5.83. The lowest BCUT2D eigenvalue weighted by atomic mass is 10.0. The molecule has 0 radical (unpaired) electrons. The van der Waals surface area contributed by atoms with Crippen molar-refractivity contribution in [1.82, 2.24) is 9.97 Å². The zero-order chi connectivity index (χ0) is 14.7. The largest absolute Gasteiger partial charge is 0.465 e. The molecule has 0 saturated carbocycles. The molecular formula is C14H14N2O3S. The van der Waals surface area contributed by atoms with E-state index in [1.54, 1.807) is 24.3 Å². The molecule has 6 heteroatoms. The first-order valence-electron chi connectivity index (χ1n) is 6.00. The van der Waals surface area contributed by atoms with Crippen LogP contribution < -0.4 is 5.56 Å². The highest BCUT2D eigenvalue weighted by molar-refractivity contribution is 7.71. The molecular weight excluding hydrogens is 276 g/mol. The summed E-state index contributed by atoms with van der Waals surface area (Å²) >= 11 is 4.91. The Morgan fingerprint density at radius 3 is 2.45 bits per heavy atom. The summed E-state index contributed by atoms with van der Waals surface area (Å²) in [7, 11) is 1.34. The number of aromatic amines is 2. The van der Waals surface area contributed by atoms with Crippen molar-refractivity contribution in [3.05, 3.63) is 61.8 Å². The van der Waals surface area contributed by atoms with Gasteiger partial charge in [0.1, 0.15) is 0 Å². The summed E-state index contributed by atoms with van der Waals surface area (Å²) in [6.45, 7) is 1.81. The zero-order valence-electron chi connectivity index (χ0n) is 11.1. The molecule has 1 aromatic heterocycles. The minimum Gasteiger partial charge on any atom is -0.465 e. The number of nitrogens with one attached hydrogen (secondary N) is 2. The summed E-state index contributed by atoms with van der Waals surface area (Å²) in [5.41, 5.74) is 2.59. The summed E-state index contributed by atoms with van der Waals surface area (Å²) in [5, 5.41) is 0. The van der Waals surface area contributed by atoms with Gasteiger partial charge in [-0.15, -0.1) is 0 Å². The molecule has 0 atom stereocenters. The number of H-pyrrole nitrogens is 2. The van der Waals surface area contributed by atoms with Gasteiger partial charge in [0.2, 0.25) is 0 Å². The maximum Gasteiger partial charge on any atom is 0.337 e. The Morgan fingerprint density at radius 2 is 1.90 bits per heavy atom. The van der Waals surface area contributed by atoms with E-state index >= 15 is 0 Å². The molecule has 1 heterocycles. The van der Waals surface area contributed by atoms with E-state index in [1.807, 2.05) is 6.92 Å². The third-order valence-corrected chi connectivity index (χ3v) is 3.21. The van der Waals surface area contributed by atoms with Crippen LogP contribution in [0.4, 0.5) is 0 Å². The smallest absolute Gasteiger partial charge is 0.337 e.